The molecule has 3 heteroatoms. The van der Waals surface area contributed by atoms with Crippen LogP contribution in [0.5, 0.6) is 0 Å². The van der Waals surface area contributed by atoms with Crippen molar-refractivity contribution < 1.29 is 9.50 Å². The van der Waals surface area contributed by atoms with E-state index in [9.17, 15) is 9.50 Å². The lowest BCUT2D eigenvalue weighted by Crippen LogP contribution is -2.45. The van der Waals surface area contributed by atoms with Crippen LogP contribution in [0.2, 0.25) is 0 Å². The highest BCUT2D eigenvalue weighted by molar-refractivity contribution is 5.27. The number of fused-ring (bicyclic) bond motifs is 2. The fourth-order valence-electron chi connectivity index (χ4n) is 3.44. The van der Waals surface area contributed by atoms with Gasteiger partial charge in [-0.05, 0) is 38.7 Å². The van der Waals surface area contributed by atoms with Crippen LogP contribution < -0.4 is 5.32 Å². The van der Waals surface area contributed by atoms with E-state index >= 15 is 0 Å². The van der Waals surface area contributed by atoms with Gasteiger partial charge in [-0.15, -0.1) is 0 Å². The third kappa shape index (κ3) is 1.60. The van der Waals surface area contributed by atoms with E-state index in [0.29, 0.717) is 5.56 Å². The second-order valence-corrected chi connectivity index (χ2v) is 5.77. The molecule has 2 aliphatic heterocycles. The van der Waals surface area contributed by atoms with Crippen molar-refractivity contribution in [3.63, 3.8) is 0 Å². The third-order valence-electron chi connectivity index (χ3n) is 4.52. The van der Waals surface area contributed by atoms with Crippen molar-refractivity contribution in [2.45, 2.75) is 49.8 Å². The van der Waals surface area contributed by atoms with Crippen LogP contribution in [0.25, 0.3) is 0 Å². The molecule has 1 aromatic carbocycles. The maximum Gasteiger partial charge on any atom is 0.129 e. The van der Waals surface area contributed by atoms with Crippen LogP contribution in [0, 0.1) is 5.82 Å². The molecule has 92 valence electrons. The van der Waals surface area contributed by atoms with E-state index in [1.165, 1.54) is 6.07 Å². The molecule has 1 unspecified atom stereocenters. The number of benzene rings is 1. The standard InChI is InChI=1S/C14H18FNO/c1-13-6-8-14(16-13,9-7-13)12(17)10-4-2-3-5-11(10)15/h2-5,12,16-17H,6-9H2,1H3. The summed E-state index contributed by atoms with van der Waals surface area (Å²) in [6.45, 7) is 2.19. The van der Waals surface area contributed by atoms with E-state index in [1.54, 1.807) is 18.2 Å². The first-order chi connectivity index (χ1) is 8.05. The Morgan fingerprint density at radius 2 is 1.88 bits per heavy atom. The van der Waals surface area contributed by atoms with Crippen molar-refractivity contribution in [3.8, 4) is 0 Å². The fourth-order valence-corrected chi connectivity index (χ4v) is 3.44. The summed E-state index contributed by atoms with van der Waals surface area (Å²) in [4.78, 5) is 0. The molecular formula is C14H18FNO. The van der Waals surface area contributed by atoms with E-state index in [2.05, 4.69) is 12.2 Å². The summed E-state index contributed by atoms with van der Waals surface area (Å²) in [6, 6.07) is 6.54. The first-order valence-corrected chi connectivity index (χ1v) is 6.27. The highest BCUT2D eigenvalue weighted by Crippen LogP contribution is 2.50. The van der Waals surface area contributed by atoms with Gasteiger partial charge in [0.05, 0.1) is 6.10 Å². The summed E-state index contributed by atoms with van der Waals surface area (Å²) < 4.78 is 13.7. The van der Waals surface area contributed by atoms with Crippen LogP contribution in [-0.2, 0) is 0 Å². The fraction of sp³-hybridized carbons (Fsp3) is 0.571. The molecule has 2 fully saturated rings. The number of nitrogens with one attached hydrogen (secondary N) is 1. The second-order valence-electron chi connectivity index (χ2n) is 5.77. The Kier molecular flexibility index (Phi) is 2.32. The molecule has 1 atom stereocenters. The Hall–Kier alpha value is -0.930. The lowest BCUT2D eigenvalue weighted by atomic mass is 9.78. The molecule has 0 aromatic heterocycles. The van der Waals surface area contributed by atoms with Crippen LogP contribution in [0.4, 0.5) is 4.39 Å². The molecule has 2 N–H and O–H groups in total. The number of aliphatic hydroxyl groups is 1. The molecule has 0 aliphatic carbocycles. The Balaban J connectivity index is 1.93. The van der Waals surface area contributed by atoms with E-state index in [4.69, 9.17) is 0 Å². The molecular weight excluding hydrogens is 217 g/mol. The van der Waals surface area contributed by atoms with Crippen LogP contribution >= 0.6 is 0 Å². The van der Waals surface area contributed by atoms with E-state index in [-0.39, 0.29) is 16.9 Å². The van der Waals surface area contributed by atoms with Crippen molar-refractivity contribution in [1.29, 1.82) is 0 Å². The average Bonchev–Trinajstić information content (AvgIpc) is 2.83. The van der Waals surface area contributed by atoms with Crippen molar-refractivity contribution in [1.82, 2.24) is 5.32 Å². The molecule has 0 saturated carbocycles. The molecule has 2 nitrogen and oxygen atoms in total. The Bertz CT molecular complexity index is 438. The maximum atomic E-state index is 13.7. The first kappa shape index (κ1) is 11.2. The van der Waals surface area contributed by atoms with Gasteiger partial charge in [-0.25, -0.2) is 4.39 Å². The second kappa shape index (κ2) is 3.53. The van der Waals surface area contributed by atoms with Gasteiger partial charge in [-0.2, -0.15) is 0 Å². The lowest BCUT2D eigenvalue weighted by molar-refractivity contribution is 0.0706. The van der Waals surface area contributed by atoms with E-state index in [1.807, 2.05) is 0 Å². The minimum absolute atomic E-state index is 0.145. The van der Waals surface area contributed by atoms with Crippen molar-refractivity contribution in [3.05, 3.63) is 35.6 Å². The minimum atomic E-state index is -0.743. The predicted molar refractivity (Wildman–Crippen MR) is 64.1 cm³/mol. The summed E-state index contributed by atoms with van der Waals surface area (Å²) in [5.74, 6) is -0.309. The van der Waals surface area contributed by atoms with Gasteiger partial charge in [0.2, 0.25) is 0 Å². The Morgan fingerprint density at radius 3 is 2.41 bits per heavy atom. The molecule has 2 bridgehead atoms. The molecule has 0 spiro atoms. The highest BCUT2D eigenvalue weighted by atomic mass is 19.1. The molecule has 0 amide bonds. The lowest BCUT2D eigenvalue weighted by Gasteiger charge is -2.32. The topological polar surface area (TPSA) is 32.3 Å². The van der Waals surface area contributed by atoms with Crippen LogP contribution in [0.15, 0.2) is 24.3 Å². The zero-order valence-electron chi connectivity index (χ0n) is 10.0. The Morgan fingerprint density at radius 1 is 1.24 bits per heavy atom. The third-order valence-corrected chi connectivity index (χ3v) is 4.52. The van der Waals surface area contributed by atoms with Crippen LogP contribution in [0.3, 0.4) is 0 Å². The van der Waals surface area contributed by atoms with Crippen molar-refractivity contribution in [2.75, 3.05) is 0 Å². The largest absolute Gasteiger partial charge is 0.386 e. The molecule has 0 radical (unpaired) electrons. The van der Waals surface area contributed by atoms with E-state index in [0.717, 1.165) is 25.7 Å². The molecule has 2 saturated heterocycles. The van der Waals surface area contributed by atoms with E-state index < -0.39 is 6.10 Å². The number of aliphatic hydroxyl groups excluding tert-OH is 1. The minimum Gasteiger partial charge on any atom is -0.386 e. The summed E-state index contributed by atoms with van der Waals surface area (Å²) in [5, 5.41) is 14.0. The number of rotatable bonds is 2. The molecule has 1 aromatic rings. The number of halogens is 1. The molecule has 3 rings (SSSR count). The average molecular weight is 235 g/mol. The van der Waals surface area contributed by atoms with Gasteiger partial charge < -0.3 is 10.4 Å². The van der Waals surface area contributed by atoms with Gasteiger partial charge in [-0.3, -0.25) is 0 Å². The van der Waals surface area contributed by atoms with Crippen LogP contribution in [0.1, 0.15) is 44.3 Å². The highest BCUT2D eigenvalue weighted by Gasteiger charge is 2.55. The Labute approximate surface area is 101 Å². The smallest absolute Gasteiger partial charge is 0.129 e. The van der Waals surface area contributed by atoms with Gasteiger partial charge in [0, 0.05) is 16.6 Å². The SMILES string of the molecule is CC12CCC(C(O)c3ccccc3F)(CC1)N2. The summed E-state index contributed by atoms with van der Waals surface area (Å²) >= 11 is 0. The summed E-state index contributed by atoms with van der Waals surface area (Å²) in [6.07, 6.45) is 3.25. The van der Waals surface area contributed by atoms with Gasteiger partial charge in [0.25, 0.3) is 0 Å². The zero-order valence-corrected chi connectivity index (χ0v) is 10.0. The van der Waals surface area contributed by atoms with Gasteiger partial charge in [0.1, 0.15) is 5.82 Å². The van der Waals surface area contributed by atoms with Gasteiger partial charge >= 0.3 is 0 Å². The van der Waals surface area contributed by atoms with Crippen molar-refractivity contribution in [2.24, 2.45) is 0 Å². The number of hydrogen-bond acceptors (Lipinski definition) is 2. The zero-order chi connectivity index (χ0) is 12.1. The van der Waals surface area contributed by atoms with Gasteiger partial charge in [-0.1, -0.05) is 18.2 Å². The quantitative estimate of drug-likeness (QED) is 0.825. The first-order valence-electron chi connectivity index (χ1n) is 6.27. The predicted octanol–water partition coefficient (Wildman–Crippen LogP) is 2.53. The maximum absolute atomic E-state index is 13.7. The molecule has 2 aliphatic rings. The number of hydrogen-bond donors (Lipinski definition) is 2. The van der Waals surface area contributed by atoms with Gasteiger partial charge in [0.15, 0.2) is 0 Å². The van der Waals surface area contributed by atoms with Crippen molar-refractivity contribution >= 4 is 0 Å². The normalized spacial score (nSPS) is 37.4. The van der Waals surface area contributed by atoms with Crippen LogP contribution in [-0.4, -0.2) is 16.2 Å². The summed E-state index contributed by atoms with van der Waals surface area (Å²) in [5.41, 5.74) is 0.259. The molecule has 2 heterocycles. The summed E-state index contributed by atoms with van der Waals surface area (Å²) in [7, 11) is 0. The molecule has 17 heavy (non-hydrogen) atoms. The monoisotopic (exact) mass is 235 g/mol.